The minimum absolute atomic E-state index is 0.0635. The van der Waals surface area contributed by atoms with Gasteiger partial charge in [0.05, 0.1) is 7.11 Å². The summed E-state index contributed by atoms with van der Waals surface area (Å²) in [7, 11) is 2.84. The first kappa shape index (κ1) is 24.1. The topological polar surface area (TPSA) is 72.0 Å². The first-order chi connectivity index (χ1) is 15.0. The van der Waals surface area contributed by atoms with E-state index in [1.54, 1.807) is 7.11 Å². The average molecular weight is 450 g/mol. The number of guanidine groups is 1. The lowest BCUT2D eigenvalue weighted by molar-refractivity contribution is 0.0505. The number of aliphatic imine (C=N–C) groups is 1. The predicted molar refractivity (Wildman–Crippen MR) is 129 cm³/mol. The van der Waals surface area contributed by atoms with Crippen LogP contribution in [0.25, 0.3) is 0 Å². The molecule has 1 heterocycles. The van der Waals surface area contributed by atoms with Gasteiger partial charge in [0.2, 0.25) is 0 Å². The van der Waals surface area contributed by atoms with E-state index >= 15 is 0 Å². The fourth-order valence-corrected chi connectivity index (χ4v) is 6.28. The number of rotatable bonds is 7. The molecule has 0 bridgehead atoms. The van der Waals surface area contributed by atoms with Crippen LogP contribution in [0, 0.1) is 6.92 Å². The van der Waals surface area contributed by atoms with Gasteiger partial charge in [0.25, 0.3) is 0 Å². The molecule has 0 aromatic heterocycles. The number of hydrogen-bond acceptors (Lipinski definition) is 4. The van der Waals surface area contributed by atoms with Crippen molar-refractivity contribution in [1.82, 2.24) is 10.6 Å². The zero-order valence-corrected chi connectivity index (χ0v) is 20.4. The van der Waals surface area contributed by atoms with Crippen LogP contribution in [-0.4, -0.2) is 61.1 Å². The Kier molecular flexibility index (Phi) is 8.78. The maximum atomic E-state index is 12.3. The summed E-state index contributed by atoms with van der Waals surface area (Å²) in [6, 6.07) is 6.75. The number of hydrogen-bond donors (Lipinski definition) is 2. The van der Waals surface area contributed by atoms with E-state index in [1.165, 1.54) is 11.1 Å². The summed E-state index contributed by atoms with van der Waals surface area (Å²) in [6.07, 6.45) is 6.12. The second-order valence-corrected chi connectivity index (χ2v) is 10.8. The summed E-state index contributed by atoms with van der Waals surface area (Å²) in [5.41, 5.74) is 2.42. The third kappa shape index (κ3) is 6.01. The third-order valence-electron chi connectivity index (χ3n) is 6.82. The van der Waals surface area contributed by atoms with Crippen LogP contribution in [-0.2, 0) is 21.0 Å². The highest BCUT2D eigenvalue weighted by atomic mass is 32.2. The van der Waals surface area contributed by atoms with Crippen LogP contribution in [0.1, 0.15) is 56.6 Å². The van der Waals surface area contributed by atoms with E-state index in [2.05, 4.69) is 40.7 Å². The van der Waals surface area contributed by atoms with Gasteiger partial charge in [0, 0.05) is 65.6 Å². The number of nitrogens with zero attached hydrogens (tertiary/aromatic N) is 1. The first-order valence-corrected chi connectivity index (χ1v) is 13.0. The number of benzene rings is 1. The molecule has 0 amide bonds. The van der Waals surface area contributed by atoms with Gasteiger partial charge in [-0.1, -0.05) is 31.0 Å². The largest absolute Gasteiger partial charge is 0.496 e. The van der Waals surface area contributed by atoms with Crippen LogP contribution in [0.3, 0.4) is 0 Å². The van der Waals surface area contributed by atoms with E-state index < -0.39 is 10.8 Å². The molecule has 1 aliphatic carbocycles. The Morgan fingerprint density at radius 2 is 2.10 bits per heavy atom. The van der Waals surface area contributed by atoms with E-state index in [9.17, 15) is 4.21 Å². The fourth-order valence-electron chi connectivity index (χ4n) is 4.93. The monoisotopic (exact) mass is 449 g/mol. The highest BCUT2D eigenvalue weighted by Gasteiger charge is 2.37. The van der Waals surface area contributed by atoms with Crippen molar-refractivity contribution < 1.29 is 13.7 Å². The normalized spacial score (nSPS) is 25.0. The molecule has 0 spiro atoms. The molecule has 1 aromatic rings. The minimum Gasteiger partial charge on any atom is -0.496 e. The average Bonchev–Trinajstić information content (AvgIpc) is 2.82. The van der Waals surface area contributed by atoms with Crippen molar-refractivity contribution in [1.29, 1.82) is 0 Å². The molecule has 2 N–H and O–H groups in total. The van der Waals surface area contributed by atoms with E-state index in [1.807, 2.05) is 14.0 Å². The van der Waals surface area contributed by atoms with Crippen LogP contribution in [0.15, 0.2) is 23.2 Å². The van der Waals surface area contributed by atoms with Crippen molar-refractivity contribution in [3.8, 4) is 5.75 Å². The van der Waals surface area contributed by atoms with Crippen molar-refractivity contribution >= 4 is 16.8 Å². The molecule has 1 saturated carbocycles. The third-order valence-corrected chi connectivity index (χ3v) is 8.56. The second kappa shape index (κ2) is 11.3. The standard InChI is InChI=1S/C24H39N3O3S/c1-5-31(28)20-8-6-7-19(16-20)27-23(25-3)26-17-24(11-13-30-14-12-24)21-15-18(2)9-10-22(21)29-4/h9-10,15,19-20H,5-8,11-14,16-17H2,1-4H3,(H2,25,26,27). The Morgan fingerprint density at radius 1 is 1.32 bits per heavy atom. The molecule has 3 atom stereocenters. The van der Waals surface area contributed by atoms with Gasteiger partial charge in [0.15, 0.2) is 5.96 Å². The highest BCUT2D eigenvalue weighted by molar-refractivity contribution is 7.85. The Bertz CT molecular complexity index is 777. The van der Waals surface area contributed by atoms with Crippen LogP contribution < -0.4 is 15.4 Å². The summed E-state index contributed by atoms with van der Waals surface area (Å²) in [5, 5.41) is 7.51. The lowest BCUT2D eigenvalue weighted by Gasteiger charge is -2.39. The smallest absolute Gasteiger partial charge is 0.191 e. The molecular formula is C24H39N3O3S. The number of methoxy groups -OCH3 is 1. The van der Waals surface area contributed by atoms with Crippen molar-refractivity contribution in [2.75, 3.05) is 39.7 Å². The lowest BCUT2D eigenvalue weighted by atomic mass is 9.73. The molecule has 7 heteroatoms. The lowest BCUT2D eigenvalue weighted by Crippen LogP contribution is -2.51. The zero-order valence-electron chi connectivity index (χ0n) is 19.5. The fraction of sp³-hybridized carbons (Fsp3) is 0.708. The molecule has 3 rings (SSSR count). The molecule has 1 aromatic carbocycles. The van der Waals surface area contributed by atoms with Crippen molar-refractivity contribution in [3.63, 3.8) is 0 Å². The summed E-state index contributed by atoms with van der Waals surface area (Å²) >= 11 is 0. The van der Waals surface area contributed by atoms with Crippen LogP contribution in [0.5, 0.6) is 5.75 Å². The highest BCUT2D eigenvalue weighted by Crippen LogP contribution is 2.40. The molecule has 3 unspecified atom stereocenters. The molecule has 1 aliphatic heterocycles. The van der Waals surface area contributed by atoms with Gasteiger partial charge in [-0.2, -0.15) is 0 Å². The van der Waals surface area contributed by atoms with E-state index in [-0.39, 0.29) is 5.41 Å². The van der Waals surface area contributed by atoms with E-state index in [0.717, 1.165) is 75.7 Å². The molecule has 1 saturated heterocycles. The Morgan fingerprint density at radius 3 is 2.77 bits per heavy atom. The van der Waals surface area contributed by atoms with Crippen molar-refractivity contribution in [2.45, 2.75) is 69.1 Å². The van der Waals surface area contributed by atoms with Gasteiger partial charge >= 0.3 is 0 Å². The quantitative estimate of drug-likeness (QED) is 0.494. The van der Waals surface area contributed by atoms with Crippen molar-refractivity contribution in [3.05, 3.63) is 29.3 Å². The number of aryl methyl sites for hydroxylation is 1. The van der Waals surface area contributed by atoms with Crippen molar-refractivity contribution in [2.24, 2.45) is 4.99 Å². The summed E-state index contributed by atoms with van der Waals surface area (Å²) in [4.78, 5) is 4.50. The zero-order chi connectivity index (χ0) is 22.3. The number of ether oxygens (including phenoxy) is 2. The van der Waals surface area contributed by atoms with Gasteiger partial charge in [-0.05, 0) is 45.1 Å². The number of nitrogens with one attached hydrogen (secondary N) is 2. The van der Waals surface area contributed by atoms with E-state index in [4.69, 9.17) is 9.47 Å². The second-order valence-electron chi connectivity index (χ2n) is 8.82. The maximum Gasteiger partial charge on any atom is 0.191 e. The SMILES string of the molecule is CCS(=O)C1CCCC(NC(=NC)NCC2(c3cc(C)ccc3OC)CCOCC2)C1. The molecule has 6 nitrogen and oxygen atoms in total. The Labute approximate surface area is 190 Å². The molecule has 31 heavy (non-hydrogen) atoms. The summed E-state index contributed by atoms with van der Waals surface area (Å²) < 4.78 is 23.7. The Balaban J connectivity index is 1.71. The maximum absolute atomic E-state index is 12.3. The summed E-state index contributed by atoms with van der Waals surface area (Å²) in [5.74, 6) is 2.51. The summed E-state index contributed by atoms with van der Waals surface area (Å²) in [6.45, 7) is 6.41. The van der Waals surface area contributed by atoms with Gasteiger partial charge in [0.1, 0.15) is 5.75 Å². The van der Waals surface area contributed by atoms with Gasteiger partial charge in [-0.15, -0.1) is 0 Å². The van der Waals surface area contributed by atoms with Gasteiger partial charge in [-0.25, -0.2) is 0 Å². The first-order valence-electron chi connectivity index (χ1n) is 11.6. The van der Waals surface area contributed by atoms with Crippen LogP contribution >= 0.6 is 0 Å². The minimum atomic E-state index is -0.724. The van der Waals surface area contributed by atoms with Gasteiger partial charge in [-0.3, -0.25) is 9.20 Å². The molecule has 0 radical (unpaired) electrons. The molecule has 174 valence electrons. The predicted octanol–water partition coefficient (Wildman–Crippen LogP) is 3.30. The van der Waals surface area contributed by atoms with Crippen LogP contribution in [0.4, 0.5) is 0 Å². The van der Waals surface area contributed by atoms with Crippen LogP contribution in [0.2, 0.25) is 0 Å². The van der Waals surface area contributed by atoms with Gasteiger partial charge < -0.3 is 20.1 Å². The molecular weight excluding hydrogens is 410 g/mol. The van der Waals surface area contributed by atoms with E-state index in [0.29, 0.717) is 11.3 Å². The molecule has 2 fully saturated rings. The molecule has 2 aliphatic rings. The Hall–Kier alpha value is -1.60.